The van der Waals surface area contributed by atoms with Gasteiger partial charge < -0.3 is 15.4 Å². The van der Waals surface area contributed by atoms with Crippen LogP contribution >= 0.6 is 0 Å². The predicted molar refractivity (Wildman–Crippen MR) is 94.0 cm³/mol. The van der Waals surface area contributed by atoms with Crippen molar-refractivity contribution < 1.29 is 9.53 Å². The van der Waals surface area contributed by atoms with E-state index in [1.54, 1.807) is 6.20 Å². The van der Waals surface area contributed by atoms with Crippen molar-refractivity contribution in [1.29, 1.82) is 0 Å². The van der Waals surface area contributed by atoms with Crippen LogP contribution in [-0.4, -0.2) is 17.0 Å². The number of benzene rings is 1. The Hall–Kier alpha value is -2.40. The summed E-state index contributed by atoms with van der Waals surface area (Å²) < 4.78 is 5.82. The molecule has 0 saturated heterocycles. The van der Waals surface area contributed by atoms with Gasteiger partial charge in [0.2, 0.25) is 0 Å². The summed E-state index contributed by atoms with van der Waals surface area (Å²) in [7, 11) is 0. The molecule has 1 aromatic heterocycles. The Labute approximate surface area is 142 Å². The van der Waals surface area contributed by atoms with E-state index in [2.05, 4.69) is 29.5 Å². The molecule has 2 N–H and O–H groups in total. The summed E-state index contributed by atoms with van der Waals surface area (Å²) in [5, 5.41) is 6.45. The van der Waals surface area contributed by atoms with Crippen LogP contribution in [0.1, 0.15) is 50.5 Å². The van der Waals surface area contributed by atoms with Crippen molar-refractivity contribution in [1.82, 2.24) is 10.3 Å². The highest BCUT2D eigenvalue weighted by Crippen LogP contribution is 2.33. The molecule has 1 aliphatic rings. The van der Waals surface area contributed by atoms with Crippen molar-refractivity contribution in [2.24, 2.45) is 0 Å². The number of pyridine rings is 1. The van der Waals surface area contributed by atoms with Gasteiger partial charge in [-0.25, -0.2) is 0 Å². The van der Waals surface area contributed by atoms with Crippen molar-refractivity contribution in [2.75, 3.05) is 5.32 Å². The van der Waals surface area contributed by atoms with Crippen molar-refractivity contribution in [3.05, 3.63) is 53.9 Å². The van der Waals surface area contributed by atoms with Crippen LogP contribution in [0.4, 0.5) is 5.69 Å². The zero-order valence-electron chi connectivity index (χ0n) is 14.2. The van der Waals surface area contributed by atoms with E-state index in [9.17, 15) is 4.79 Å². The molecule has 5 nitrogen and oxygen atoms in total. The van der Waals surface area contributed by atoms with E-state index >= 15 is 0 Å². The number of fused-ring (bicyclic) bond motifs is 1. The van der Waals surface area contributed by atoms with Crippen LogP contribution in [0, 0.1) is 0 Å². The van der Waals surface area contributed by atoms with Gasteiger partial charge in [-0.3, -0.25) is 9.78 Å². The number of hydrogen-bond acceptors (Lipinski definition) is 4. The fourth-order valence-electron chi connectivity index (χ4n) is 2.89. The molecular weight excluding hydrogens is 302 g/mol. The van der Waals surface area contributed by atoms with Gasteiger partial charge in [0.25, 0.3) is 5.91 Å². The van der Waals surface area contributed by atoms with Crippen LogP contribution in [0.15, 0.2) is 42.6 Å². The number of ether oxygens (including phenoxy) is 1. The maximum absolute atomic E-state index is 11.9. The Morgan fingerprint density at radius 3 is 2.79 bits per heavy atom. The van der Waals surface area contributed by atoms with E-state index in [4.69, 9.17) is 4.74 Å². The third kappa shape index (κ3) is 3.41. The summed E-state index contributed by atoms with van der Waals surface area (Å²) in [5.41, 5.74) is 2.86. The van der Waals surface area contributed by atoms with Gasteiger partial charge >= 0.3 is 0 Å². The average Bonchev–Trinajstić information content (AvgIpc) is 2.61. The summed E-state index contributed by atoms with van der Waals surface area (Å²) in [5.74, 6) is 0.658. The molecule has 1 amide bonds. The standard InChI is InChI=1S/C19H23N3O2/c1-4-17-19(23)22-16-9-8-14(11-18(16)24-17)12(2)21-13(3)15-7-5-6-10-20-15/h5-13,17,21H,4H2,1-3H3,(H,22,23). The molecule has 2 aromatic rings. The van der Waals surface area contributed by atoms with Crippen LogP contribution in [0.2, 0.25) is 0 Å². The summed E-state index contributed by atoms with van der Waals surface area (Å²) in [6.45, 7) is 6.15. The molecule has 0 fully saturated rings. The molecule has 3 unspecified atom stereocenters. The minimum atomic E-state index is -0.413. The zero-order valence-corrected chi connectivity index (χ0v) is 14.2. The molecule has 3 atom stereocenters. The van der Waals surface area contributed by atoms with E-state index in [1.807, 2.05) is 43.3 Å². The van der Waals surface area contributed by atoms with Gasteiger partial charge in [0, 0.05) is 18.3 Å². The zero-order chi connectivity index (χ0) is 17.1. The second-order valence-corrected chi connectivity index (χ2v) is 6.12. The van der Waals surface area contributed by atoms with Gasteiger partial charge in [0.05, 0.1) is 11.4 Å². The van der Waals surface area contributed by atoms with Gasteiger partial charge in [0.15, 0.2) is 6.10 Å². The lowest BCUT2D eigenvalue weighted by Gasteiger charge is -2.27. The first-order valence-electron chi connectivity index (χ1n) is 8.37. The minimum Gasteiger partial charge on any atom is -0.478 e. The summed E-state index contributed by atoms with van der Waals surface area (Å²) in [6, 6.07) is 12.1. The van der Waals surface area contributed by atoms with Crippen molar-refractivity contribution >= 4 is 11.6 Å². The number of amides is 1. The van der Waals surface area contributed by atoms with Gasteiger partial charge in [-0.1, -0.05) is 19.1 Å². The summed E-state index contributed by atoms with van der Waals surface area (Å²) >= 11 is 0. The number of nitrogens with zero attached hydrogens (tertiary/aromatic N) is 1. The molecule has 0 bridgehead atoms. The molecule has 0 spiro atoms. The van der Waals surface area contributed by atoms with Crippen molar-refractivity contribution in [2.45, 2.75) is 45.4 Å². The number of carbonyl (C=O) groups excluding carboxylic acids is 1. The number of aromatic nitrogens is 1. The fraction of sp³-hybridized carbons (Fsp3) is 0.368. The Balaban J connectivity index is 1.74. The highest BCUT2D eigenvalue weighted by molar-refractivity contribution is 5.97. The number of hydrogen-bond donors (Lipinski definition) is 2. The Morgan fingerprint density at radius 1 is 1.25 bits per heavy atom. The van der Waals surface area contributed by atoms with E-state index in [0.717, 1.165) is 22.7 Å². The Bertz CT molecular complexity index is 718. The molecular formula is C19H23N3O2. The first kappa shape index (κ1) is 16.5. The maximum atomic E-state index is 11.9. The predicted octanol–water partition coefficient (Wildman–Crippen LogP) is 3.60. The topological polar surface area (TPSA) is 63.2 Å². The molecule has 1 aliphatic heterocycles. The molecule has 126 valence electrons. The largest absolute Gasteiger partial charge is 0.478 e. The Kier molecular flexibility index (Phi) is 4.81. The lowest BCUT2D eigenvalue weighted by Crippen LogP contribution is -2.36. The van der Waals surface area contributed by atoms with Crippen LogP contribution in [0.25, 0.3) is 0 Å². The summed E-state index contributed by atoms with van der Waals surface area (Å²) in [6.07, 6.45) is 2.04. The van der Waals surface area contributed by atoms with Gasteiger partial charge in [0.1, 0.15) is 5.75 Å². The van der Waals surface area contributed by atoms with E-state index in [1.165, 1.54) is 0 Å². The molecule has 5 heteroatoms. The maximum Gasteiger partial charge on any atom is 0.265 e. The molecule has 3 rings (SSSR count). The Morgan fingerprint density at radius 2 is 2.08 bits per heavy atom. The fourth-order valence-corrected chi connectivity index (χ4v) is 2.89. The first-order chi connectivity index (χ1) is 11.6. The number of anilines is 1. The van der Waals surface area contributed by atoms with Gasteiger partial charge in [-0.05, 0) is 50.1 Å². The van der Waals surface area contributed by atoms with Gasteiger partial charge in [-0.15, -0.1) is 0 Å². The number of carbonyl (C=O) groups is 1. The van der Waals surface area contributed by atoms with Crippen LogP contribution < -0.4 is 15.4 Å². The lowest BCUT2D eigenvalue weighted by atomic mass is 10.0. The van der Waals surface area contributed by atoms with E-state index in [-0.39, 0.29) is 18.0 Å². The van der Waals surface area contributed by atoms with Crippen LogP contribution in [-0.2, 0) is 4.79 Å². The second-order valence-electron chi connectivity index (χ2n) is 6.12. The SMILES string of the molecule is CCC1Oc2cc(C(C)NC(C)c3ccccn3)ccc2NC1=O. The lowest BCUT2D eigenvalue weighted by molar-refractivity contribution is -0.123. The van der Waals surface area contributed by atoms with Crippen molar-refractivity contribution in [3.63, 3.8) is 0 Å². The van der Waals surface area contributed by atoms with Crippen LogP contribution in [0.5, 0.6) is 5.75 Å². The van der Waals surface area contributed by atoms with Crippen molar-refractivity contribution in [3.8, 4) is 5.75 Å². The van der Waals surface area contributed by atoms with E-state index < -0.39 is 6.10 Å². The third-order valence-electron chi connectivity index (χ3n) is 4.33. The normalized spacial score (nSPS) is 19.0. The molecule has 0 radical (unpaired) electrons. The monoisotopic (exact) mass is 325 g/mol. The second kappa shape index (κ2) is 7.01. The minimum absolute atomic E-state index is 0.0762. The summed E-state index contributed by atoms with van der Waals surface area (Å²) in [4.78, 5) is 16.2. The third-order valence-corrected chi connectivity index (χ3v) is 4.33. The molecule has 2 heterocycles. The quantitative estimate of drug-likeness (QED) is 0.881. The first-order valence-corrected chi connectivity index (χ1v) is 8.37. The average molecular weight is 325 g/mol. The van der Waals surface area contributed by atoms with Gasteiger partial charge in [-0.2, -0.15) is 0 Å². The molecule has 24 heavy (non-hydrogen) atoms. The molecule has 0 aliphatic carbocycles. The van der Waals surface area contributed by atoms with E-state index in [0.29, 0.717) is 6.42 Å². The number of nitrogens with one attached hydrogen (secondary N) is 2. The van der Waals surface area contributed by atoms with Crippen LogP contribution in [0.3, 0.4) is 0 Å². The molecule has 0 saturated carbocycles. The highest BCUT2D eigenvalue weighted by Gasteiger charge is 2.26. The smallest absolute Gasteiger partial charge is 0.265 e. The molecule has 1 aromatic carbocycles. The highest BCUT2D eigenvalue weighted by atomic mass is 16.5. The number of rotatable bonds is 5.